The lowest BCUT2D eigenvalue weighted by Gasteiger charge is -2.31. The number of rotatable bonds is 36. The Bertz CT molecular complexity index is 1270. The summed E-state index contributed by atoms with van der Waals surface area (Å²) in [6.07, 6.45) is 5.97. The molecule has 0 atom stereocenters. The van der Waals surface area contributed by atoms with Crippen LogP contribution in [0.4, 0.5) is 0 Å². The highest BCUT2D eigenvalue weighted by Gasteiger charge is 2.38. The second-order valence-corrected chi connectivity index (χ2v) is 15.1. The third kappa shape index (κ3) is 30.4. The zero-order chi connectivity index (χ0) is 46.1. The summed E-state index contributed by atoms with van der Waals surface area (Å²) in [6.45, 7) is 19.3. The van der Waals surface area contributed by atoms with Crippen LogP contribution in [0.2, 0.25) is 0 Å². The number of carbonyl (C=O) groups excluding carboxylic acids is 8. The molecule has 0 aromatic heterocycles. The summed E-state index contributed by atoms with van der Waals surface area (Å²) in [6, 6.07) is 0. The topological polar surface area (TPSA) is 210 Å². The second kappa shape index (κ2) is 33.4. The Morgan fingerprint density at radius 1 is 0.311 bits per heavy atom. The van der Waals surface area contributed by atoms with Crippen molar-refractivity contribution in [1.82, 2.24) is 0 Å². The monoisotopic (exact) mass is 864 g/mol. The molecule has 0 aliphatic rings. The van der Waals surface area contributed by atoms with Crippen molar-refractivity contribution in [2.24, 2.45) is 5.41 Å². The van der Waals surface area contributed by atoms with Crippen LogP contribution in [-0.4, -0.2) is 101 Å². The molecule has 16 nitrogen and oxygen atoms in total. The highest BCUT2D eigenvalue weighted by molar-refractivity contribution is 5.88. The normalized spacial score (nSPS) is 10.7. The van der Waals surface area contributed by atoms with Gasteiger partial charge < -0.3 is 37.9 Å². The van der Waals surface area contributed by atoms with E-state index >= 15 is 0 Å². The fourth-order valence-electron chi connectivity index (χ4n) is 4.82. The van der Waals surface area contributed by atoms with Crippen LogP contribution in [0.1, 0.15) is 130 Å². The van der Waals surface area contributed by atoms with Gasteiger partial charge in [0, 0.05) is 48.0 Å². The number of carbonyl (C=O) groups is 8. The number of hydrogen-bond donors (Lipinski definition) is 0. The average molecular weight is 865 g/mol. The van der Waals surface area contributed by atoms with E-state index in [1.807, 2.05) is 0 Å². The molecule has 0 N–H and O–H groups in total. The second-order valence-electron chi connectivity index (χ2n) is 15.1. The first-order valence-electron chi connectivity index (χ1n) is 20.8. The highest BCUT2D eigenvalue weighted by Crippen LogP contribution is 2.23. The van der Waals surface area contributed by atoms with Gasteiger partial charge in [0.15, 0.2) is 0 Å². The van der Waals surface area contributed by atoms with Gasteiger partial charge in [0.05, 0.1) is 26.4 Å². The maximum atomic E-state index is 12.9. The van der Waals surface area contributed by atoms with E-state index < -0.39 is 79.6 Å². The number of ether oxygens (including phenoxy) is 8. The minimum atomic E-state index is -1.47. The molecule has 0 saturated heterocycles. The van der Waals surface area contributed by atoms with Gasteiger partial charge in [-0.05, 0) is 105 Å². The number of hydrogen-bond acceptors (Lipinski definition) is 16. The molecule has 0 radical (unpaired) electrons. The van der Waals surface area contributed by atoms with Crippen LogP contribution in [0.25, 0.3) is 0 Å². The summed E-state index contributed by atoms with van der Waals surface area (Å²) in [5.41, 5.74) is -0.343. The van der Waals surface area contributed by atoms with Crippen molar-refractivity contribution in [3.8, 4) is 0 Å². The largest absolute Gasteiger partial charge is 0.465 e. The molecule has 0 spiro atoms. The summed E-state index contributed by atoms with van der Waals surface area (Å²) in [7, 11) is 0. The van der Waals surface area contributed by atoms with E-state index in [1.165, 1.54) is 0 Å². The summed E-state index contributed by atoms with van der Waals surface area (Å²) in [5, 5.41) is 0. The average Bonchev–Trinajstić information content (AvgIpc) is 3.21. The van der Waals surface area contributed by atoms with E-state index in [2.05, 4.69) is 26.3 Å². The third-order valence-corrected chi connectivity index (χ3v) is 8.58. The zero-order valence-electron chi connectivity index (χ0n) is 36.8. The molecular weight excluding hydrogens is 796 g/mol. The van der Waals surface area contributed by atoms with Crippen LogP contribution in [-0.2, 0) is 76.3 Å². The maximum absolute atomic E-state index is 12.9. The zero-order valence-corrected chi connectivity index (χ0v) is 36.8. The third-order valence-electron chi connectivity index (χ3n) is 8.58. The van der Waals surface area contributed by atoms with Gasteiger partial charge in [0.25, 0.3) is 0 Å². The SMILES string of the molecule is C=C(C)C(=O)OCCCCCC(=O)OCC(COC(=O)CCCCCOC(=O)C(=C)C)(COC(=O)CCCCCOC(=O)C(=C)C)COC(=O)CCCCCOC(=O)C(=C)C. The van der Waals surface area contributed by atoms with Gasteiger partial charge in [0.2, 0.25) is 0 Å². The van der Waals surface area contributed by atoms with E-state index in [9.17, 15) is 38.4 Å². The van der Waals surface area contributed by atoms with Crippen molar-refractivity contribution in [1.29, 1.82) is 0 Å². The summed E-state index contributed by atoms with van der Waals surface area (Å²) in [5.74, 6) is -4.38. The van der Waals surface area contributed by atoms with Gasteiger partial charge in [-0.1, -0.05) is 26.3 Å². The molecule has 0 rings (SSSR count). The predicted octanol–water partition coefficient (Wildman–Crippen LogP) is 6.86. The number of unbranched alkanes of at least 4 members (excludes halogenated alkanes) is 8. The van der Waals surface area contributed by atoms with Crippen LogP contribution in [0.15, 0.2) is 48.6 Å². The molecule has 0 heterocycles. The lowest BCUT2D eigenvalue weighted by molar-refractivity contribution is -0.171. The molecule has 0 bridgehead atoms. The van der Waals surface area contributed by atoms with Crippen molar-refractivity contribution in [2.75, 3.05) is 52.9 Å². The fourth-order valence-corrected chi connectivity index (χ4v) is 4.82. The van der Waals surface area contributed by atoms with E-state index in [0.717, 1.165) is 0 Å². The molecule has 344 valence electrons. The van der Waals surface area contributed by atoms with Crippen LogP contribution < -0.4 is 0 Å². The van der Waals surface area contributed by atoms with Crippen LogP contribution >= 0.6 is 0 Å². The first kappa shape index (κ1) is 55.7. The molecular formula is C45H68O16. The van der Waals surface area contributed by atoms with Crippen molar-refractivity contribution in [2.45, 2.75) is 130 Å². The highest BCUT2D eigenvalue weighted by atomic mass is 16.6. The van der Waals surface area contributed by atoms with E-state index in [1.54, 1.807) is 27.7 Å². The standard InChI is InChI=1S/C45H68O16/c1-33(2)41(50)54-25-17-9-13-21-37(46)58-29-45(30-59-38(47)22-14-10-18-26-55-42(51)34(3)4,31-60-39(48)23-15-11-19-27-56-43(52)35(5)6)32-61-40(49)24-16-12-20-28-57-44(53)36(7)8/h1,3,5,7,9-32H2,2,4,6,8H3. The molecule has 0 aliphatic carbocycles. The first-order valence-corrected chi connectivity index (χ1v) is 20.8. The van der Waals surface area contributed by atoms with Crippen molar-refractivity contribution in [3.63, 3.8) is 0 Å². The van der Waals surface area contributed by atoms with Crippen molar-refractivity contribution < 1.29 is 76.3 Å². The van der Waals surface area contributed by atoms with Gasteiger partial charge in [0.1, 0.15) is 31.8 Å². The molecule has 0 unspecified atom stereocenters. The number of esters is 8. The molecule has 0 amide bonds. The minimum Gasteiger partial charge on any atom is -0.465 e. The van der Waals surface area contributed by atoms with Crippen LogP contribution in [0.5, 0.6) is 0 Å². The Balaban J connectivity index is 5.70. The summed E-state index contributed by atoms with van der Waals surface area (Å²) in [4.78, 5) is 98.0. The van der Waals surface area contributed by atoms with Gasteiger partial charge in [-0.25, -0.2) is 19.2 Å². The molecule has 0 aliphatic heterocycles. The molecule has 0 aromatic carbocycles. The first-order chi connectivity index (χ1) is 28.9. The predicted molar refractivity (Wildman–Crippen MR) is 223 cm³/mol. The Labute approximate surface area is 360 Å². The van der Waals surface area contributed by atoms with Crippen molar-refractivity contribution in [3.05, 3.63) is 48.6 Å². The Morgan fingerprint density at radius 2 is 0.508 bits per heavy atom. The minimum absolute atomic E-state index is 0.00884. The van der Waals surface area contributed by atoms with Gasteiger partial charge in [-0.3, -0.25) is 19.2 Å². The summed E-state index contributed by atoms with van der Waals surface area (Å²) < 4.78 is 42.7. The Hall–Kier alpha value is -5.28. The summed E-state index contributed by atoms with van der Waals surface area (Å²) >= 11 is 0. The lowest BCUT2D eigenvalue weighted by atomic mass is 9.92. The van der Waals surface area contributed by atoms with Crippen molar-refractivity contribution >= 4 is 47.8 Å². The van der Waals surface area contributed by atoms with E-state index in [0.29, 0.717) is 77.0 Å². The van der Waals surface area contributed by atoms with Gasteiger partial charge in [-0.2, -0.15) is 0 Å². The molecule has 0 fully saturated rings. The van der Waals surface area contributed by atoms with Gasteiger partial charge in [-0.15, -0.1) is 0 Å². The van der Waals surface area contributed by atoms with Gasteiger partial charge >= 0.3 is 47.8 Å². The maximum Gasteiger partial charge on any atom is 0.333 e. The molecule has 16 heteroatoms. The smallest absolute Gasteiger partial charge is 0.333 e. The van der Waals surface area contributed by atoms with E-state index in [-0.39, 0.29) is 74.4 Å². The quantitative estimate of drug-likeness (QED) is 0.0272. The Morgan fingerprint density at radius 3 is 0.689 bits per heavy atom. The molecule has 0 aromatic rings. The fraction of sp³-hybridized carbons (Fsp3) is 0.644. The van der Waals surface area contributed by atoms with Crippen LogP contribution in [0.3, 0.4) is 0 Å². The molecule has 61 heavy (non-hydrogen) atoms. The van der Waals surface area contributed by atoms with Crippen LogP contribution in [0, 0.1) is 5.41 Å². The van der Waals surface area contributed by atoms with E-state index in [4.69, 9.17) is 37.9 Å². The lowest BCUT2D eigenvalue weighted by Crippen LogP contribution is -2.44. The Kier molecular flexibility index (Phi) is 30.5. The molecule has 0 saturated carbocycles.